The molecule has 73 heavy (non-hydrogen) atoms. The molecule has 2 aliphatic rings. The third-order valence-corrected chi connectivity index (χ3v) is 12.3. The molecule has 2 N–H and O–H groups in total. The Balaban J connectivity index is 0.000000180. The molecule has 0 bridgehead atoms. The van der Waals surface area contributed by atoms with Crippen LogP contribution in [-0.2, 0) is 6.18 Å². The summed E-state index contributed by atoms with van der Waals surface area (Å²) in [6.07, 6.45) is 2.91. The minimum atomic E-state index is -4.72. The third kappa shape index (κ3) is 11.3. The van der Waals surface area contributed by atoms with Crippen molar-refractivity contribution in [1.29, 1.82) is 0 Å². The Morgan fingerprint density at radius 3 is 1.66 bits per heavy atom. The number of hydrogen-bond acceptors (Lipinski definition) is 10. The van der Waals surface area contributed by atoms with E-state index >= 15 is 4.39 Å². The lowest BCUT2D eigenvalue weighted by molar-refractivity contribution is -0.137. The van der Waals surface area contributed by atoms with Crippen LogP contribution in [-0.4, -0.2) is 57.9 Å². The molecular weight excluding hydrogens is 1010 g/mol. The average Bonchev–Trinajstić information content (AvgIpc) is 4.14. The molecule has 2 aliphatic heterocycles. The van der Waals surface area contributed by atoms with Gasteiger partial charge in [0.2, 0.25) is 11.6 Å². The zero-order valence-electron chi connectivity index (χ0n) is 37.6. The lowest BCUT2D eigenvalue weighted by Crippen LogP contribution is -2.19. The number of alkyl halides is 3. The van der Waals surface area contributed by atoms with Gasteiger partial charge in [0.25, 0.3) is 11.8 Å². The predicted molar refractivity (Wildman–Crippen MR) is 259 cm³/mol. The van der Waals surface area contributed by atoms with Gasteiger partial charge in [-0.05, 0) is 98.5 Å². The number of nitrogens with one attached hydrogen (secondary N) is 2. The van der Waals surface area contributed by atoms with Crippen LogP contribution in [0.4, 0.5) is 58.1 Å². The minimum absolute atomic E-state index is 0.0247. The first kappa shape index (κ1) is 50.1. The Kier molecular flexibility index (Phi) is 14.5. The molecule has 0 aliphatic carbocycles. The van der Waals surface area contributed by atoms with Crippen LogP contribution in [0.2, 0.25) is 10.0 Å². The highest BCUT2D eigenvalue weighted by molar-refractivity contribution is 6.35. The lowest BCUT2D eigenvalue weighted by Gasteiger charge is -2.16. The van der Waals surface area contributed by atoms with Gasteiger partial charge in [-0.15, -0.1) is 0 Å². The van der Waals surface area contributed by atoms with E-state index in [0.29, 0.717) is 45.8 Å². The van der Waals surface area contributed by atoms with Gasteiger partial charge in [-0.1, -0.05) is 29.3 Å². The van der Waals surface area contributed by atoms with Gasteiger partial charge in [0.05, 0.1) is 56.4 Å². The zero-order valence-corrected chi connectivity index (χ0v) is 39.2. The number of carbonyl (C=O) groups is 2. The van der Waals surface area contributed by atoms with E-state index in [1.54, 1.807) is 30.6 Å². The van der Waals surface area contributed by atoms with Crippen molar-refractivity contribution in [2.24, 2.45) is 0 Å². The second-order valence-corrected chi connectivity index (χ2v) is 17.4. The first-order valence-electron chi connectivity index (χ1n) is 22.3. The molecular formula is C51H36Cl2F8N8O4. The lowest BCUT2D eigenvalue weighted by atomic mass is 10.1. The average molecular weight is 1050 g/mol. The molecule has 0 saturated carbocycles. The van der Waals surface area contributed by atoms with Crippen LogP contribution in [0.1, 0.15) is 52.0 Å². The summed E-state index contributed by atoms with van der Waals surface area (Å²) in [5.74, 6) is -7.70. The number of hydrogen-bond donors (Lipinski definition) is 2. The summed E-state index contributed by atoms with van der Waals surface area (Å²) in [6, 6.07) is 19.0. The Labute approximate surface area is 419 Å². The van der Waals surface area contributed by atoms with E-state index in [9.17, 15) is 40.3 Å². The molecule has 8 aromatic rings. The van der Waals surface area contributed by atoms with Crippen molar-refractivity contribution in [3.63, 3.8) is 0 Å². The van der Waals surface area contributed by atoms with Gasteiger partial charge in [-0.25, -0.2) is 27.5 Å². The van der Waals surface area contributed by atoms with Crippen molar-refractivity contribution in [3.05, 3.63) is 165 Å². The summed E-state index contributed by atoms with van der Waals surface area (Å²) in [7, 11) is 0. The number of fused-ring (bicyclic) bond motifs is 2. The number of rotatable bonds is 10. The maximum Gasteiger partial charge on any atom is 0.416 e. The first-order valence-corrected chi connectivity index (χ1v) is 23.0. The summed E-state index contributed by atoms with van der Waals surface area (Å²) >= 11 is 12.0. The van der Waals surface area contributed by atoms with E-state index in [-0.39, 0.29) is 32.8 Å². The minimum Gasteiger partial charge on any atom is -0.453 e. The Bertz CT molecular complexity index is 3430. The molecule has 2 amide bonds. The van der Waals surface area contributed by atoms with Gasteiger partial charge >= 0.3 is 6.18 Å². The van der Waals surface area contributed by atoms with E-state index in [2.05, 4.69) is 30.2 Å². The topological polar surface area (TPSA) is 135 Å². The van der Waals surface area contributed by atoms with Crippen LogP contribution in [0.15, 0.2) is 109 Å². The number of benzene rings is 6. The smallest absolute Gasteiger partial charge is 0.416 e. The summed E-state index contributed by atoms with van der Waals surface area (Å²) in [6.45, 7) is 3.51. The summed E-state index contributed by atoms with van der Waals surface area (Å²) < 4.78 is 122. The van der Waals surface area contributed by atoms with Crippen molar-refractivity contribution in [1.82, 2.24) is 19.9 Å². The summed E-state index contributed by atoms with van der Waals surface area (Å²) in [4.78, 5) is 47.2. The molecule has 0 atom stereocenters. The second-order valence-electron chi connectivity index (χ2n) is 16.6. The molecule has 6 aromatic carbocycles. The Morgan fingerprint density at radius 1 is 0.548 bits per heavy atom. The fraction of sp³-hybridized carbons (Fsp3) is 0.176. The number of amides is 2. The molecule has 374 valence electrons. The van der Waals surface area contributed by atoms with E-state index in [0.717, 1.165) is 88.0 Å². The third-order valence-electron chi connectivity index (χ3n) is 11.6. The van der Waals surface area contributed by atoms with Crippen LogP contribution in [0.5, 0.6) is 23.0 Å². The van der Waals surface area contributed by atoms with Crippen LogP contribution < -0.4 is 29.9 Å². The van der Waals surface area contributed by atoms with Gasteiger partial charge in [0.15, 0.2) is 23.2 Å². The largest absolute Gasteiger partial charge is 0.453 e. The van der Waals surface area contributed by atoms with Gasteiger partial charge in [-0.3, -0.25) is 19.6 Å². The number of nitrogens with zero attached hydrogens (tertiary/aromatic N) is 6. The Hall–Kier alpha value is -7.84. The van der Waals surface area contributed by atoms with Crippen LogP contribution in [0.3, 0.4) is 0 Å². The maximum atomic E-state index is 15.2. The van der Waals surface area contributed by atoms with Crippen molar-refractivity contribution in [3.8, 4) is 23.0 Å². The van der Waals surface area contributed by atoms with Crippen molar-refractivity contribution in [2.75, 3.05) is 46.6 Å². The fourth-order valence-electron chi connectivity index (χ4n) is 7.87. The fourth-order valence-corrected chi connectivity index (χ4v) is 8.23. The highest BCUT2D eigenvalue weighted by Crippen LogP contribution is 2.39. The molecule has 0 unspecified atom stereocenters. The quantitative estimate of drug-likeness (QED) is 0.101. The molecule has 2 saturated heterocycles. The van der Waals surface area contributed by atoms with Gasteiger partial charge in [0, 0.05) is 55.5 Å². The normalized spacial score (nSPS) is 13.5. The number of ether oxygens (including phenoxy) is 2. The predicted octanol–water partition coefficient (Wildman–Crippen LogP) is 13.6. The van der Waals surface area contributed by atoms with Crippen molar-refractivity contribution in [2.45, 2.75) is 31.9 Å². The molecule has 12 nitrogen and oxygen atoms in total. The molecule has 22 heteroatoms. The molecule has 10 rings (SSSR count). The number of halogens is 10. The van der Waals surface area contributed by atoms with Gasteiger partial charge in [0.1, 0.15) is 34.0 Å². The molecule has 2 fully saturated rings. The van der Waals surface area contributed by atoms with E-state index in [1.807, 2.05) is 10.2 Å². The first-order chi connectivity index (χ1) is 35.0. The van der Waals surface area contributed by atoms with Crippen LogP contribution in [0.25, 0.3) is 22.1 Å². The second kappa shape index (κ2) is 21.1. The molecule has 0 radical (unpaired) electrons. The summed E-state index contributed by atoms with van der Waals surface area (Å²) in [5, 5.41) is 4.26. The molecule has 2 aromatic heterocycles. The van der Waals surface area contributed by atoms with Gasteiger partial charge in [-0.2, -0.15) is 17.6 Å². The highest BCUT2D eigenvalue weighted by atomic mass is 35.5. The molecule has 0 spiro atoms. The summed E-state index contributed by atoms with van der Waals surface area (Å²) in [5.41, 5.74) is -0.131. The van der Waals surface area contributed by atoms with Crippen LogP contribution >= 0.6 is 23.2 Å². The molecule has 4 heterocycles. The SMILES string of the molecule is O=C(Nc1cc(F)c(F)c(Oc2ccc3ncc(N4CCCC4)nc3c2)c1F)c1cccc(C(F)(F)F)c1.O=C(Nc1ccc(F)c(Oc2ccc3ncc(N4CCCC4)nc3c2)c1Cl)c1ccc(Cl)c(F)c1. The monoisotopic (exact) mass is 1050 g/mol. The van der Waals surface area contributed by atoms with E-state index in [1.165, 1.54) is 36.4 Å². The van der Waals surface area contributed by atoms with Crippen molar-refractivity contribution < 1.29 is 54.2 Å². The number of anilines is 4. The van der Waals surface area contributed by atoms with Crippen LogP contribution in [0, 0.1) is 29.1 Å². The van der Waals surface area contributed by atoms with Gasteiger partial charge < -0.3 is 29.9 Å². The highest BCUT2D eigenvalue weighted by Gasteiger charge is 2.31. The van der Waals surface area contributed by atoms with E-state index < -0.39 is 69.6 Å². The standard InChI is InChI=1S/C26H18F6N4O2.C25H18Cl2F2N4O2/c27-17-12-20(35-25(37)14-4-3-5-15(10-14)26(30,31)32)23(29)24(22(17)28)38-16-6-7-18-19(11-16)34-21(13-33-18)36-8-1-2-9-36;26-16-5-3-14(11-18(16)29)25(34)32-20-8-6-17(28)24(23(20)27)35-15-4-7-19-21(12-15)31-22(13-30-19)33-9-1-2-10-33/h3-7,10-13H,1-2,8-9H2,(H,35,37);3-8,11-13H,1-2,9-10H2,(H,32,34). The Morgan fingerprint density at radius 2 is 1.10 bits per heavy atom. The maximum absolute atomic E-state index is 15.2. The van der Waals surface area contributed by atoms with E-state index in [4.69, 9.17) is 32.7 Å². The van der Waals surface area contributed by atoms with Crippen molar-refractivity contribution >= 4 is 80.1 Å². The number of aromatic nitrogens is 4. The number of carbonyl (C=O) groups excluding carboxylic acids is 2. The zero-order chi connectivity index (χ0) is 51.6.